The molecule has 140 valence electrons. The normalized spacial score (nSPS) is 10.6. The highest BCUT2D eigenvalue weighted by Crippen LogP contribution is 2.14. The van der Waals surface area contributed by atoms with E-state index in [0.29, 0.717) is 17.5 Å². The Balaban J connectivity index is 1.48. The molecule has 2 aromatic carbocycles. The van der Waals surface area contributed by atoms with E-state index < -0.39 is 17.7 Å². The fraction of sp³-hybridized carbons (Fsp3) is 0.158. The maximum Gasteiger partial charge on any atom is 0.315 e. The first-order valence-corrected chi connectivity index (χ1v) is 8.27. The lowest BCUT2D eigenvalue weighted by molar-refractivity contribution is 0.240. The van der Waals surface area contributed by atoms with Crippen LogP contribution in [0.25, 0.3) is 5.69 Å². The lowest BCUT2D eigenvalue weighted by Gasteiger charge is -2.07. The van der Waals surface area contributed by atoms with Crippen LogP contribution in [-0.2, 0) is 13.0 Å². The van der Waals surface area contributed by atoms with Gasteiger partial charge >= 0.3 is 6.03 Å². The Labute approximate surface area is 153 Å². The van der Waals surface area contributed by atoms with Crippen LogP contribution in [0.15, 0.2) is 54.9 Å². The minimum absolute atomic E-state index is 0.108. The van der Waals surface area contributed by atoms with E-state index >= 15 is 0 Å². The first-order chi connectivity index (χ1) is 13.0. The maximum absolute atomic E-state index is 13.8. The Morgan fingerprint density at radius 2 is 1.85 bits per heavy atom. The largest absolute Gasteiger partial charge is 0.338 e. The van der Waals surface area contributed by atoms with E-state index in [9.17, 15) is 18.0 Å². The van der Waals surface area contributed by atoms with Crippen LogP contribution in [0.1, 0.15) is 11.1 Å². The molecule has 27 heavy (non-hydrogen) atoms. The van der Waals surface area contributed by atoms with Crippen molar-refractivity contribution in [3.63, 3.8) is 0 Å². The Morgan fingerprint density at radius 1 is 1.04 bits per heavy atom. The summed E-state index contributed by atoms with van der Waals surface area (Å²) in [6.07, 6.45) is 3.39. The number of aromatic nitrogens is 2. The van der Waals surface area contributed by atoms with Gasteiger partial charge in [0, 0.05) is 30.9 Å². The van der Waals surface area contributed by atoms with Crippen LogP contribution in [0.5, 0.6) is 0 Å². The molecule has 0 atom stereocenters. The van der Waals surface area contributed by atoms with Gasteiger partial charge in [0.05, 0.1) is 6.20 Å². The van der Waals surface area contributed by atoms with Crippen molar-refractivity contribution in [2.24, 2.45) is 0 Å². The monoisotopic (exact) mass is 374 g/mol. The molecule has 1 heterocycles. The Bertz CT molecular complexity index is 942. The molecule has 0 aliphatic heterocycles. The molecule has 2 amide bonds. The third-order valence-corrected chi connectivity index (χ3v) is 3.88. The summed E-state index contributed by atoms with van der Waals surface area (Å²) in [7, 11) is 0. The van der Waals surface area contributed by atoms with Gasteiger partial charge in [0.25, 0.3) is 0 Å². The SMILES string of the molecule is O=C(NCCc1ccccc1F)NCc1cnn(-c2ccc(F)cc2F)c1. The molecule has 0 radical (unpaired) electrons. The molecule has 0 spiro atoms. The summed E-state index contributed by atoms with van der Waals surface area (Å²) in [5.41, 5.74) is 1.28. The van der Waals surface area contributed by atoms with E-state index in [1.54, 1.807) is 18.2 Å². The van der Waals surface area contributed by atoms with Gasteiger partial charge in [-0.3, -0.25) is 0 Å². The number of benzene rings is 2. The quantitative estimate of drug-likeness (QED) is 0.695. The summed E-state index contributed by atoms with van der Waals surface area (Å²) >= 11 is 0. The van der Waals surface area contributed by atoms with Gasteiger partial charge < -0.3 is 10.6 Å². The van der Waals surface area contributed by atoms with Crippen LogP contribution in [0.3, 0.4) is 0 Å². The number of urea groups is 1. The lowest BCUT2D eigenvalue weighted by atomic mass is 10.1. The molecule has 0 aliphatic carbocycles. The molecule has 5 nitrogen and oxygen atoms in total. The van der Waals surface area contributed by atoms with E-state index in [2.05, 4.69) is 15.7 Å². The van der Waals surface area contributed by atoms with E-state index in [-0.39, 0.29) is 24.6 Å². The van der Waals surface area contributed by atoms with Crippen molar-refractivity contribution in [1.29, 1.82) is 0 Å². The standard InChI is InChI=1S/C19H17F3N4O/c20-15-5-6-18(17(22)9-15)26-12-13(11-25-26)10-24-19(27)23-8-7-14-3-1-2-4-16(14)21/h1-6,9,11-12H,7-8,10H2,(H2,23,24,27). The summed E-state index contributed by atoms with van der Waals surface area (Å²) < 4.78 is 41.5. The molecule has 0 saturated heterocycles. The Hall–Kier alpha value is -3.29. The highest BCUT2D eigenvalue weighted by atomic mass is 19.1. The van der Waals surface area contributed by atoms with Crippen LogP contribution in [0.4, 0.5) is 18.0 Å². The Kier molecular flexibility index (Phi) is 5.75. The Morgan fingerprint density at radius 3 is 2.63 bits per heavy atom. The van der Waals surface area contributed by atoms with Crippen molar-refractivity contribution in [3.8, 4) is 5.69 Å². The van der Waals surface area contributed by atoms with E-state index in [1.165, 1.54) is 29.2 Å². The maximum atomic E-state index is 13.8. The summed E-state index contributed by atoms with van der Waals surface area (Å²) in [4.78, 5) is 11.8. The number of nitrogens with zero attached hydrogens (tertiary/aromatic N) is 2. The molecule has 1 aromatic heterocycles. The fourth-order valence-corrected chi connectivity index (χ4v) is 2.51. The topological polar surface area (TPSA) is 59.0 Å². The van der Waals surface area contributed by atoms with Gasteiger partial charge in [0.15, 0.2) is 5.82 Å². The average Bonchev–Trinajstić information content (AvgIpc) is 3.10. The van der Waals surface area contributed by atoms with Gasteiger partial charge in [0.1, 0.15) is 17.3 Å². The highest BCUT2D eigenvalue weighted by Gasteiger charge is 2.09. The first-order valence-electron chi connectivity index (χ1n) is 8.27. The molecule has 0 fully saturated rings. The summed E-state index contributed by atoms with van der Waals surface area (Å²) in [5.74, 6) is -1.71. The zero-order valence-electron chi connectivity index (χ0n) is 14.3. The smallest absolute Gasteiger partial charge is 0.315 e. The molecule has 3 aromatic rings. The molecule has 0 bridgehead atoms. The van der Waals surface area contributed by atoms with Crippen molar-refractivity contribution >= 4 is 6.03 Å². The van der Waals surface area contributed by atoms with Crippen LogP contribution in [0.2, 0.25) is 0 Å². The predicted octanol–water partition coefficient (Wildman–Crippen LogP) is 3.33. The number of rotatable bonds is 6. The fourth-order valence-electron chi connectivity index (χ4n) is 2.51. The van der Waals surface area contributed by atoms with Gasteiger partial charge in [-0.05, 0) is 30.2 Å². The number of carbonyl (C=O) groups is 1. The minimum atomic E-state index is -0.733. The number of halogens is 3. The third kappa shape index (κ3) is 4.87. The molecule has 3 rings (SSSR count). The minimum Gasteiger partial charge on any atom is -0.338 e. The molecule has 0 saturated carbocycles. The number of amides is 2. The van der Waals surface area contributed by atoms with Crippen molar-refractivity contribution in [2.75, 3.05) is 6.54 Å². The summed E-state index contributed by atoms with van der Waals surface area (Å²) in [6.45, 7) is 0.459. The number of carbonyl (C=O) groups excluding carboxylic acids is 1. The molecule has 0 aliphatic rings. The van der Waals surface area contributed by atoms with Gasteiger partial charge in [-0.15, -0.1) is 0 Å². The highest BCUT2D eigenvalue weighted by molar-refractivity contribution is 5.73. The zero-order chi connectivity index (χ0) is 19.2. The predicted molar refractivity (Wildman–Crippen MR) is 93.8 cm³/mol. The van der Waals surface area contributed by atoms with E-state index in [0.717, 1.165) is 12.1 Å². The van der Waals surface area contributed by atoms with Crippen LogP contribution >= 0.6 is 0 Å². The van der Waals surface area contributed by atoms with Crippen LogP contribution in [-0.4, -0.2) is 22.4 Å². The van der Waals surface area contributed by atoms with Gasteiger partial charge in [-0.25, -0.2) is 22.6 Å². The van der Waals surface area contributed by atoms with Gasteiger partial charge in [-0.1, -0.05) is 18.2 Å². The van der Waals surface area contributed by atoms with E-state index in [1.807, 2.05) is 0 Å². The van der Waals surface area contributed by atoms with Gasteiger partial charge in [0.2, 0.25) is 0 Å². The van der Waals surface area contributed by atoms with Crippen molar-refractivity contribution in [1.82, 2.24) is 20.4 Å². The number of hydrogen-bond acceptors (Lipinski definition) is 2. The average molecular weight is 374 g/mol. The number of hydrogen-bond donors (Lipinski definition) is 2. The molecule has 8 heteroatoms. The van der Waals surface area contributed by atoms with Crippen molar-refractivity contribution < 1.29 is 18.0 Å². The lowest BCUT2D eigenvalue weighted by Crippen LogP contribution is -2.36. The molecule has 0 unspecified atom stereocenters. The van der Waals surface area contributed by atoms with Crippen LogP contribution < -0.4 is 10.6 Å². The van der Waals surface area contributed by atoms with Crippen molar-refractivity contribution in [2.45, 2.75) is 13.0 Å². The molecular weight excluding hydrogens is 357 g/mol. The first kappa shape index (κ1) is 18.5. The zero-order valence-corrected chi connectivity index (χ0v) is 14.3. The van der Waals surface area contributed by atoms with Gasteiger partial charge in [-0.2, -0.15) is 5.10 Å². The van der Waals surface area contributed by atoms with Crippen LogP contribution in [0, 0.1) is 17.5 Å². The second-order valence-corrected chi connectivity index (χ2v) is 5.84. The van der Waals surface area contributed by atoms with E-state index in [4.69, 9.17) is 0 Å². The molecule has 2 N–H and O–H groups in total. The second kappa shape index (κ2) is 8.39. The summed E-state index contributed by atoms with van der Waals surface area (Å²) in [6, 6.07) is 9.17. The third-order valence-electron chi connectivity index (χ3n) is 3.88. The summed E-state index contributed by atoms with van der Waals surface area (Å²) in [5, 5.41) is 9.28. The molecular formula is C19H17F3N4O. The number of nitrogens with one attached hydrogen (secondary N) is 2. The second-order valence-electron chi connectivity index (χ2n) is 5.84. The van der Waals surface area contributed by atoms with Crippen molar-refractivity contribution in [3.05, 3.63) is 83.4 Å².